The van der Waals surface area contributed by atoms with Crippen molar-refractivity contribution in [2.24, 2.45) is 0 Å². The fourth-order valence-electron chi connectivity index (χ4n) is 3.94. The molecular formula is C20H26N2O2. The van der Waals surface area contributed by atoms with E-state index in [0.717, 1.165) is 29.7 Å². The number of hydrogen-bond donors (Lipinski definition) is 0. The van der Waals surface area contributed by atoms with Crippen molar-refractivity contribution < 1.29 is 9.59 Å². The minimum absolute atomic E-state index is 0.0843. The molecule has 0 aliphatic carbocycles. The van der Waals surface area contributed by atoms with Crippen molar-refractivity contribution in [2.45, 2.75) is 65.0 Å². The highest BCUT2D eigenvalue weighted by Gasteiger charge is 2.52. The normalized spacial score (nSPS) is 24.2. The van der Waals surface area contributed by atoms with E-state index in [1.807, 2.05) is 17.1 Å². The number of fused-ring (bicyclic) bond motifs is 2. The van der Waals surface area contributed by atoms with Crippen LogP contribution >= 0.6 is 0 Å². The molecule has 0 aromatic heterocycles. The van der Waals surface area contributed by atoms with Crippen molar-refractivity contribution in [3.63, 3.8) is 0 Å². The molecule has 3 rings (SSSR count). The van der Waals surface area contributed by atoms with Gasteiger partial charge in [0.05, 0.1) is 11.7 Å². The number of amides is 1. The molecule has 0 N–H and O–H groups in total. The summed E-state index contributed by atoms with van der Waals surface area (Å²) < 4.78 is 0. The molecule has 0 bridgehead atoms. The zero-order valence-corrected chi connectivity index (χ0v) is 15.0. The number of carbonyl (C=O) groups is 2. The lowest BCUT2D eigenvalue weighted by atomic mass is 9.89. The summed E-state index contributed by atoms with van der Waals surface area (Å²) in [6.45, 7) is 7.94. The molecular weight excluding hydrogens is 300 g/mol. The molecule has 1 fully saturated rings. The molecule has 1 aromatic rings. The average molecular weight is 326 g/mol. The van der Waals surface area contributed by atoms with Crippen molar-refractivity contribution in [3.8, 4) is 0 Å². The number of allylic oxidation sites excluding steroid dienone is 1. The average Bonchev–Trinajstić information content (AvgIpc) is 2.75. The van der Waals surface area contributed by atoms with Crippen LogP contribution in [0.4, 0.5) is 0 Å². The predicted molar refractivity (Wildman–Crippen MR) is 94.7 cm³/mol. The molecule has 4 heteroatoms. The molecule has 0 spiro atoms. The molecule has 1 aromatic carbocycles. The van der Waals surface area contributed by atoms with Crippen LogP contribution in [-0.2, 0) is 9.59 Å². The number of benzene rings is 1. The predicted octanol–water partition coefficient (Wildman–Crippen LogP) is 4.09. The number of rotatable bonds is 4. The van der Waals surface area contributed by atoms with E-state index in [9.17, 15) is 9.59 Å². The molecule has 1 atom stereocenters. The van der Waals surface area contributed by atoms with Gasteiger partial charge in [-0.3, -0.25) is 9.59 Å². The zero-order chi connectivity index (χ0) is 17.5. The number of unbranched alkanes of at least 4 members (excludes halogenated alkanes) is 1. The Labute approximate surface area is 144 Å². The van der Waals surface area contributed by atoms with Gasteiger partial charge in [0, 0.05) is 23.9 Å². The molecule has 128 valence electrons. The summed E-state index contributed by atoms with van der Waals surface area (Å²) in [5, 5.41) is 3.98. The monoisotopic (exact) mass is 326 g/mol. The van der Waals surface area contributed by atoms with Gasteiger partial charge in [0.2, 0.25) is 5.91 Å². The van der Waals surface area contributed by atoms with E-state index in [-0.39, 0.29) is 23.3 Å². The first-order chi connectivity index (χ1) is 11.4. The second-order valence-electron chi connectivity index (χ2n) is 7.43. The maximum absolute atomic E-state index is 12.8. The van der Waals surface area contributed by atoms with E-state index in [2.05, 4.69) is 44.0 Å². The topological polar surface area (TPSA) is 40.6 Å². The number of ketones is 1. The Morgan fingerprint density at radius 1 is 1.33 bits per heavy atom. The number of nitrogens with zero attached hydrogens (tertiary/aromatic N) is 2. The minimum atomic E-state index is -0.296. The van der Waals surface area contributed by atoms with E-state index < -0.39 is 0 Å². The molecule has 0 radical (unpaired) electrons. The first-order valence-corrected chi connectivity index (χ1v) is 8.78. The van der Waals surface area contributed by atoms with Crippen LogP contribution in [0.5, 0.6) is 0 Å². The Kier molecular flexibility index (Phi) is 4.35. The van der Waals surface area contributed by atoms with E-state index in [4.69, 9.17) is 0 Å². The summed E-state index contributed by atoms with van der Waals surface area (Å²) in [4.78, 5) is 24.7. The van der Waals surface area contributed by atoms with Gasteiger partial charge in [0.25, 0.3) is 0 Å². The summed E-state index contributed by atoms with van der Waals surface area (Å²) in [6, 6.07) is 8.10. The molecule has 2 aliphatic heterocycles. The Morgan fingerprint density at radius 2 is 2.04 bits per heavy atom. The summed E-state index contributed by atoms with van der Waals surface area (Å²) in [5.74, 6) is 0.260. The van der Waals surface area contributed by atoms with Gasteiger partial charge in [0.15, 0.2) is 0 Å². The number of hydrogen-bond acceptors (Lipinski definition) is 3. The van der Waals surface area contributed by atoms with E-state index >= 15 is 0 Å². The Hall–Kier alpha value is -1.94. The summed E-state index contributed by atoms with van der Waals surface area (Å²) in [5.41, 5.74) is 2.91. The second kappa shape index (κ2) is 6.17. The second-order valence-corrected chi connectivity index (χ2v) is 7.43. The van der Waals surface area contributed by atoms with Crippen molar-refractivity contribution in [2.75, 3.05) is 0 Å². The minimum Gasteiger partial charge on any atom is -0.300 e. The van der Waals surface area contributed by atoms with Crippen LogP contribution in [0.25, 0.3) is 5.70 Å². The molecule has 4 nitrogen and oxygen atoms in total. The largest absolute Gasteiger partial charge is 0.300 e. The third kappa shape index (κ3) is 2.69. The number of carbonyl (C=O) groups excluding carboxylic acids is 2. The highest BCUT2D eigenvalue weighted by Crippen LogP contribution is 2.49. The SMILES string of the molecule is CCC/C=C1/c2ccccc2C(CC(C)=O)N2N1C(=O)CC2(C)C. The number of hydrazine groups is 1. The molecule has 2 heterocycles. The van der Waals surface area contributed by atoms with E-state index in [1.54, 1.807) is 6.92 Å². The highest BCUT2D eigenvalue weighted by molar-refractivity contribution is 5.91. The van der Waals surface area contributed by atoms with Crippen LogP contribution in [0.2, 0.25) is 0 Å². The highest BCUT2D eigenvalue weighted by atomic mass is 16.2. The van der Waals surface area contributed by atoms with Crippen molar-refractivity contribution >= 4 is 17.4 Å². The fourth-order valence-corrected chi connectivity index (χ4v) is 3.94. The Morgan fingerprint density at radius 3 is 2.71 bits per heavy atom. The third-order valence-corrected chi connectivity index (χ3v) is 4.88. The Balaban J connectivity index is 2.21. The summed E-state index contributed by atoms with van der Waals surface area (Å²) in [6.07, 6.45) is 5.02. The van der Waals surface area contributed by atoms with Crippen molar-refractivity contribution in [1.29, 1.82) is 0 Å². The standard InChI is InChI=1S/C20H26N2O2/c1-5-6-11-17-15-9-7-8-10-16(15)18(12-14(2)23)22-20(3,4)13-19(24)21(17)22/h7-11,18H,5-6,12-13H2,1-4H3/b17-11-. The first-order valence-electron chi connectivity index (χ1n) is 8.78. The van der Waals surface area contributed by atoms with Gasteiger partial charge in [-0.05, 0) is 32.8 Å². The van der Waals surface area contributed by atoms with Crippen LogP contribution in [0.3, 0.4) is 0 Å². The van der Waals surface area contributed by atoms with Crippen LogP contribution in [-0.4, -0.2) is 27.2 Å². The molecule has 24 heavy (non-hydrogen) atoms. The molecule has 1 amide bonds. The maximum atomic E-state index is 12.8. The van der Waals surface area contributed by atoms with Crippen LogP contribution < -0.4 is 0 Å². The Bertz CT molecular complexity index is 705. The van der Waals surface area contributed by atoms with Gasteiger partial charge in [-0.2, -0.15) is 5.01 Å². The first kappa shape index (κ1) is 16.9. The quantitative estimate of drug-likeness (QED) is 0.837. The van der Waals surface area contributed by atoms with Crippen LogP contribution in [0.15, 0.2) is 30.3 Å². The molecule has 1 saturated heterocycles. The van der Waals surface area contributed by atoms with Crippen molar-refractivity contribution in [1.82, 2.24) is 10.0 Å². The van der Waals surface area contributed by atoms with Gasteiger partial charge in [-0.25, -0.2) is 5.01 Å². The number of Topliss-reactive ketones (excluding diaryl/α,β-unsaturated/α-hetero) is 1. The van der Waals surface area contributed by atoms with Gasteiger partial charge in [-0.15, -0.1) is 0 Å². The smallest absolute Gasteiger partial charge is 0.243 e. The lowest BCUT2D eigenvalue weighted by molar-refractivity contribution is -0.139. The molecule has 0 saturated carbocycles. The summed E-state index contributed by atoms with van der Waals surface area (Å²) >= 11 is 0. The van der Waals surface area contributed by atoms with Crippen LogP contribution in [0, 0.1) is 0 Å². The van der Waals surface area contributed by atoms with Gasteiger partial charge in [-0.1, -0.05) is 43.7 Å². The fraction of sp³-hybridized carbons (Fsp3) is 0.500. The van der Waals surface area contributed by atoms with Gasteiger partial charge in [0.1, 0.15) is 5.78 Å². The summed E-state index contributed by atoms with van der Waals surface area (Å²) in [7, 11) is 0. The van der Waals surface area contributed by atoms with E-state index in [0.29, 0.717) is 12.8 Å². The lowest BCUT2D eigenvalue weighted by Gasteiger charge is -2.47. The van der Waals surface area contributed by atoms with Gasteiger partial charge < -0.3 is 0 Å². The van der Waals surface area contributed by atoms with Crippen LogP contribution in [0.1, 0.15) is 70.5 Å². The van der Waals surface area contributed by atoms with E-state index in [1.165, 1.54) is 0 Å². The molecule has 1 unspecified atom stereocenters. The van der Waals surface area contributed by atoms with Gasteiger partial charge >= 0.3 is 0 Å². The molecule has 2 aliphatic rings. The maximum Gasteiger partial charge on any atom is 0.243 e. The zero-order valence-electron chi connectivity index (χ0n) is 15.0. The lowest BCUT2D eigenvalue weighted by Crippen LogP contribution is -2.51. The third-order valence-electron chi connectivity index (χ3n) is 4.88. The van der Waals surface area contributed by atoms with Crippen molar-refractivity contribution in [3.05, 3.63) is 41.5 Å².